The summed E-state index contributed by atoms with van der Waals surface area (Å²) in [5.41, 5.74) is 1.88. The van der Waals surface area contributed by atoms with Crippen molar-refractivity contribution in [2.45, 2.75) is 61.3 Å². The van der Waals surface area contributed by atoms with Gasteiger partial charge in [0, 0.05) is 25.2 Å². The molecule has 10 heteroatoms. The second-order valence-electron chi connectivity index (χ2n) is 11.9. The standard InChI is InChI=1S/C33H40N2O7S/c1-32(2,3)42-31(38)35-20-10-19-33(23-35,43(39,40)26-11-6-5-7-12-26)22-34-28(30(36)37)21-24-15-17-25(18-16-24)27-13-8-9-14-29(27)41-4/h5-9,11-18,28,34H,10,19-23H2,1-4H3,(H,36,37)/t28-,33?/m0/s1. The zero-order valence-electron chi connectivity index (χ0n) is 25.1. The number of carboxylic acids is 1. The summed E-state index contributed by atoms with van der Waals surface area (Å²) < 4.78 is 37.9. The number of carbonyl (C=O) groups is 2. The van der Waals surface area contributed by atoms with Crippen LogP contribution in [0, 0.1) is 0 Å². The Kier molecular flexibility index (Phi) is 9.82. The number of benzene rings is 3. The van der Waals surface area contributed by atoms with E-state index in [0.29, 0.717) is 13.0 Å². The van der Waals surface area contributed by atoms with Gasteiger partial charge in [-0.3, -0.25) is 4.79 Å². The van der Waals surface area contributed by atoms with Crippen LogP contribution in [0.2, 0.25) is 0 Å². The number of likely N-dealkylation sites (tertiary alicyclic amines) is 1. The van der Waals surface area contributed by atoms with E-state index in [-0.39, 0.29) is 30.8 Å². The van der Waals surface area contributed by atoms with Gasteiger partial charge in [-0.1, -0.05) is 60.7 Å². The number of piperidine rings is 1. The molecule has 1 aliphatic heterocycles. The van der Waals surface area contributed by atoms with Crippen LogP contribution >= 0.6 is 0 Å². The van der Waals surface area contributed by atoms with E-state index in [1.54, 1.807) is 46.1 Å². The number of amides is 1. The molecule has 1 amide bonds. The van der Waals surface area contributed by atoms with Crippen LogP contribution in [0.25, 0.3) is 11.1 Å². The maximum Gasteiger partial charge on any atom is 0.410 e. The van der Waals surface area contributed by atoms with Gasteiger partial charge in [0.1, 0.15) is 22.1 Å². The predicted molar refractivity (Wildman–Crippen MR) is 165 cm³/mol. The Hall–Kier alpha value is -3.89. The molecule has 0 aromatic heterocycles. The van der Waals surface area contributed by atoms with Crippen LogP contribution in [-0.4, -0.2) is 73.6 Å². The van der Waals surface area contributed by atoms with Crippen LogP contribution in [-0.2, 0) is 25.8 Å². The molecule has 1 heterocycles. The first-order valence-electron chi connectivity index (χ1n) is 14.3. The molecule has 3 aromatic carbocycles. The van der Waals surface area contributed by atoms with Crippen molar-refractivity contribution in [3.8, 4) is 16.9 Å². The Balaban J connectivity index is 1.58. The van der Waals surface area contributed by atoms with E-state index in [2.05, 4.69) is 5.32 Å². The molecule has 0 saturated carbocycles. The number of sulfone groups is 1. The Labute approximate surface area is 253 Å². The van der Waals surface area contributed by atoms with Crippen LogP contribution < -0.4 is 10.1 Å². The van der Waals surface area contributed by atoms with Gasteiger partial charge in [-0.2, -0.15) is 0 Å². The minimum atomic E-state index is -3.99. The van der Waals surface area contributed by atoms with E-state index >= 15 is 0 Å². The molecule has 4 rings (SSSR count). The molecule has 1 saturated heterocycles. The van der Waals surface area contributed by atoms with Crippen LogP contribution in [0.4, 0.5) is 4.79 Å². The van der Waals surface area contributed by atoms with Gasteiger partial charge in [-0.15, -0.1) is 0 Å². The van der Waals surface area contributed by atoms with Crippen LogP contribution in [0.15, 0.2) is 83.8 Å². The molecular weight excluding hydrogens is 568 g/mol. The number of para-hydroxylation sites is 1. The van der Waals surface area contributed by atoms with E-state index in [9.17, 15) is 23.1 Å². The van der Waals surface area contributed by atoms with Crippen molar-refractivity contribution in [3.63, 3.8) is 0 Å². The van der Waals surface area contributed by atoms with Gasteiger partial charge < -0.3 is 24.8 Å². The molecule has 0 spiro atoms. The Morgan fingerprint density at radius 3 is 2.28 bits per heavy atom. The second kappa shape index (κ2) is 13.2. The Morgan fingerprint density at radius 1 is 1.00 bits per heavy atom. The summed E-state index contributed by atoms with van der Waals surface area (Å²) in [6.45, 7) is 5.34. The quantitative estimate of drug-likeness (QED) is 0.323. The van der Waals surface area contributed by atoms with Gasteiger partial charge in [0.05, 0.1) is 12.0 Å². The average Bonchev–Trinajstić information content (AvgIpc) is 2.99. The fourth-order valence-electron chi connectivity index (χ4n) is 5.38. The number of hydrogen-bond acceptors (Lipinski definition) is 7. The third kappa shape index (κ3) is 7.55. The van der Waals surface area contributed by atoms with Crippen molar-refractivity contribution in [1.82, 2.24) is 10.2 Å². The van der Waals surface area contributed by atoms with E-state index in [1.807, 2.05) is 48.5 Å². The Morgan fingerprint density at radius 2 is 1.65 bits per heavy atom. The molecule has 1 aliphatic rings. The average molecular weight is 609 g/mol. The summed E-state index contributed by atoms with van der Waals surface area (Å²) in [6, 6.07) is 22.2. The van der Waals surface area contributed by atoms with E-state index in [4.69, 9.17) is 9.47 Å². The van der Waals surface area contributed by atoms with Crippen molar-refractivity contribution < 1.29 is 32.6 Å². The molecule has 1 unspecified atom stereocenters. The van der Waals surface area contributed by atoms with Crippen LogP contribution in [0.5, 0.6) is 5.75 Å². The fraction of sp³-hybridized carbons (Fsp3) is 0.394. The number of aliphatic carboxylic acids is 1. The van der Waals surface area contributed by atoms with Crippen molar-refractivity contribution in [3.05, 3.63) is 84.4 Å². The normalized spacial score (nSPS) is 18.1. The number of carboxylic acid groups (broad SMARTS) is 1. The molecule has 43 heavy (non-hydrogen) atoms. The van der Waals surface area contributed by atoms with Crippen molar-refractivity contribution >= 4 is 21.9 Å². The summed E-state index contributed by atoms with van der Waals surface area (Å²) in [5, 5.41) is 13.2. The topological polar surface area (TPSA) is 122 Å². The molecule has 0 aliphatic carbocycles. The number of methoxy groups -OCH3 is 1. The lowest BCUT2D eigenvalue weighted by Gasteiger charge is -2.43. The minimum Gasteiger partial charge on any atom is -0.496 e. The van der Waals surface area contributed by atoms with Crippen LogP contribution in [0.3, 0.4) is 0 Å². The maximum atomic E-state index is 14.2. The van der Waals surface area contributed by atoms with Gasteiger partial charge in [0.25, 0.3) is 0 Å². The molecule has 0 bridgehead atoms. The largest absolute Gasteiger partial charge is 0.496 e. The molecule has 230 valence electrons. The van der Waals surface area contributed by atoms with Crippen molar-refractivity contribution in [1.29, 1.82) is 0 Å². The molecule has 2 N–H and O–H groups in total. The molecule has 9 nitrogen and oxygen atoms in total. The molecule has 2 atom stereocenters. The summed E-state index contributed by atoms with van der Waals surface area (Å²) in [7, 11) is -2.38. The van der Waals surface area contributed by atoms with E-state index in [1.165, 1.54) is 17.0 Å². The summed E-state index contributed by atoms with van der Waals surface area (Å²) in [6.07, 6.45) is 0.231. The highest BCUT2D eigenvalue weighted by atomic mass is 32.2. The number of nitrogens with one attached hydrogen (secondary N) is 1. The zero-order valence-corrected chi connectivity index (χ0v) is 25.9. The molecule has 3 aromatic rings. The van der Waals surface area contributed by atoms with Gasteiger partial charge in [0.2, 0.25) is 0 Å². The van der Waals surface area contributed by atoms with E-state index < -0.39 is 38.3 Å². The maximum absolute atomic E-state index is 14.2. The third-order valence-electron chi connectivity index (χ3n) is 7.60. The fourth-order valence-corrected chi connectivity index (χ4v) is 7.41. The van der Waals surface area contributed by atoms with Crippen molar-refractivity contribution in [2.75, 3.05) is 26.7 Å². The number of rotatable bonds is 10. The molecule has 1 fully saturated rings. The van der Waals surface area contributed by atoms with Gasteiger partial charge in [0.15, 0.2) is 9.84 Å². The first-order valence-corrected chi connectivity index (χ1v) is 15.8. The lowest BCUT2D eigenvalue weighted by molar-refractivity contribution is -0.139. The van der Waals surface area contributed by atoms with Gasteiger partial charge >= 0.3 is 12.1 Å². The zero-order chi connectivity index (χ0) is 31.3. The first-order chi connectivity index (χ1) is 20.3. The number of nitrogens with zero attached hydrogens (tertiary/aromatic N) is 1. The summed E-state index contributed by atoms with van der Waals surface area (Å²) in [5.74, 6) is -0.362. The van der Waals surface area contributed by atoms with E-state index in [0.717, 1.165) is 22.4 Å². The highest BCUT2D eigenvalue weighted by molar-refractivity contribution is 7.93. The number of carbonyl (C=O) groups excluding carboxylic acids is 1. The first kappa shape index (κ1) is 32.0. The number of hydrogen-bond donors (Lipinski definition) is 2. The van der Waals surface area contributed by atoms with Crippen LogP contribution in [0.1, 0.15) is 39.2 Å². The SMILES string of the molecule is COc1ccccc1-c1ccc(C[C@H](NCC2(S(=O)(=O)c3ccccc3)CCCN(C(=O)OC(C)(C)C)C2)C(=O)O)cc1. The van der Waals surface area contributed by atoms with Crippen molar-refractivity contribution in [2.24, 2.45) is 0 Å². The lowest BCUT2D eigenvalue weighted by atomic mass is 9.95. The Bertz CT molecular complexity index is 1520. The highest BCUT2D eigenvalue weighted by Crippen LogP contribution is 2.35. The minimum absolute atomic E-state index is 0.119. The summed E-state index contributed by atoms with van der Waals surface area (Å²) in [4.78, 5) is 26.9. The second-order valence-corrected chi connectivity index (χ2v) is 14.2. The number of ether oxygens (including phenoxy) is 2. The molecule has 0 radical (unpaired) electrons. The molecular formula is C33H40N2O7S. The van der Waals surface area contributed by atoms with Gasteiger partial charge in [-0.05, 0) is 69.4 Å². The van der Waals surface area contributed by atoms with Gasteiger partial charge in [-0.25, -0.2) is 13.2 Å². The highest BCUT2D eigenvalue weighted by Gasteiger charge is 2.49. The lowest BCUT2D eigenvalue weighted by Crippen LogP contribution is -2.61. The smallest absolute Gasteiger partial charge is 0.410 e. The third-order valence-corrected chi connectivity index (χ3v) is 10.1. The monoisotopic (exact) mass is 608 g/mol. The predicted octanol–water partition coefficient (Wildman–Crippen LogP) is 5.19. The summed E-state index contributed by atoms with van der Waals surface area (Å²) >= 11 is 0.